The number of thiazole rings is 1. The van der Waals surface area contributed by atoms with Crippen molar-refractivity contribution in [1.82, 2.24) is 44.5 Å². The van der Waals surface area contributed by atoms with Crippen molar-refractivity contribution in [3.05, 3.63) is 112 Å². The van der Waals surface area contributed by atoms with Gasteiger partial charge in [0.1, 0.15) is 48.1 Å². The highest BCUT2D eigenvalue weighted by Gasteiger charge is 2.40. The molecule has 1 aliphatic heterocycles. The molecule has 0 radical (unpaired) electrons. The molecule has 10 rings (SSSR count). The molecule has 4 aromatic carbocycles. The molecule has 5 heterocycles. The van der Waals surface area contributed by atoms with Crippen LogP contribution in [0.25, 0.3) is 54.5 Å². The number of aromatic nitrogens is 7. The highest BCUT2D eigenvalue weighted by molar-refractivity contribution is 14.2. The number of fused-ring (bicyclic) bond motifs is 2. The van der Waals surface area contributed by atoms with Crippen LogP contribution in [-0.4, -0.2) is 109 Å². The summed E-state index contributed by atoms with van der Waals surface area (Å²) in [5, 5.41) is 27.5. The summed E-state index contributed by atoms with van der Waals surface area (Å²) in [5.41, 5.74) is 11.6. The Labute approximate surface area is 470 Å². The zero-order valence-electron chi connectivity index (χ0n) is 44.7. The fourth-order valence-electron chi connectivity index (χ4n) is 10.5. The molecule has 2 aliphatic rings. The first-order valence-electron chi connectivity index (χ1n) is 26.0. The Morgan fingerprint density at radius 1 is 1.00 bits per heavy atom. The predicted octanol–water partition coefficient (Wildman–Crippen LogP) is 10.8. The third kappa shape index (κ3) is 10.8. The lowest BCUT2D eigenvalue weighted by atomic mass is 9.88. The minimum atomic E-state index is -0.802. The summed E-state index contributed by atoms with van der Waals surface area (Å²) in [6.45, 7) is 10.0. The van der Waals surface area contributed by atoms with Gasteiger partial charge in [-0.1, -0.05) is 50.2 Å². The summed E-state index contributed by atoms with van der Waals surface area (Å²) in [7, 11) is 5.58. The maximum absolute atomic E-state index is 16.3. The van der Waals surface area contributed by atoms with Crippen LogP contribution in [0.4, 0.5) is 15.9 Å². The van der Waals surface area contributed by atoms with Gasteiger partial charge in [0.2, 0.25) is 11.8 Å². The Morgan fingerprint density at radius 2 is 1.77 bits per heavy atom. The van der Waals surface area contributed by atoms with Crippen molar-refractivity contribution in [2.75, 3.05) is 44.5 Å². The van der Waals surface area contributed by atoms with Gasteiger partial charge in [-0.3, -0.25) is 19.1 Å². The molecule has 4 aromatic heterocycles. The summed E-state index contributed by atoms with van der Waals surface area (Å²) in [4.78, 5) is 60.2. The Bertz CT molecular complexity index is 3580. The molecule has 2 amide bonds. The number of benzene rings is 4. The van der Waals surface area contributed by atoms with Gasteiger partial charge in [0.25, 0.3) is 0 Å². The second kappa shape index (κ2) is 23.0. The number of aryl methyl sites for hydroxylation is 1. The van der Waals surface area contributed by atoms with Crippen LogP contribution in [-0.2, 0) is 22.7 Å². The van der Waals surface area contributed by atoms with E-state index in [2.05, 4.69) is 48.8 Å². The molecule has 3 N–H and O–H groups in total. The lowest BCUT2D eigenvalue weighted by Gasteiger charge is -2.30. The summed E-state index contributed by atoms with van der Waals surface area (Å²) < 4.78 is 32.7. The van der Waals surface area contributed by atoms with E-state index in [1.165, 1.54) is 0 Å². The molecule has 2 fully saturated rings. The number of nitrogens with one attached hydrogen (secondary N) is 2. The molecular formula is C57H62FIN11O6PS. The van der Waals surface area contributed by atoms with Crippen molar-refractivity contribution in [2.45, 2.75) is 97.6 Å². The number of aliphatic hydroxyl groups excluding tert-OH is 1. The lowest BCUT2D eigenvalue weighted by Crippen LogP contribution is -2.48. The molecule has 21 heteroatoms. The van der Waals surface area contributed by atoms with Gasteiger partial charge >= 0.3 is 6.01 Å². The monoisotopic (exact) mass is 1210 g/mol. The quantitative estimate of drug-likeness (QED) is 0.0371. The predicted molar refractivity (Wildman–Crippen MR) is 314 cm³/mol. The van der Waals surface area contributed by atoms with Gasteiger partial charge in [0.15, 0.2) is 12.0 Å². The number of hydrogen-bond acceptors (Lipinski definition) is 14. The van der Waals surface area contributed by atoms with E-state index in [0.717, 1.165) is 62.0 Å². The fourth-order valence-corrected chi connectivity index (χ4v) is 12.9. The van der Waals surface area contributed by atoms with Gasteiger partial charge in [-0.15, -0.1) is 11.3 Å². The molecule has 1 aliphatic carbocycles. The lowest BCUT2D eigenvalue weighted by molar-refractivity contribution is -0.142. The summed E-state index contributed by atoms with van der Waals surface area (Å²) in [5.74, 6) is 0.132. The zero-order valence-corrected chi connectivity index (χ0v) is 48.7. The number of halogens is 2. The average molecular weight is 1210 g/mol. The van der Waals surface area contributed by atoms with Crippen LogP contribution in [0.1, 0.15) is 96.9 Å². The number of nitrogens with zero attached hydrogens (tertiary/aromatic N) is 9. The molecule has 8 aromatic rings. The molecular weight excluding hydrogens is 1140 g/mol. The number of hydrogen-bond donors (Lipinski definition) is 3. The smallest absolute Gasteiger partial charge is 0.319 e. The highest BCUT2D eigenvalue weighted by atomic mass is 127. The van der Waals surface area contributed by atoms with Crippen molar-refractivity contribution in [3.8, 4) is 44.5 Å². The first-order valence-corrected chi connectivity index (χ1v) is 31.0. The second-order valence-electron chi connectivity index (χ2n) is 20.7. The number of ether oxygens (including phenoxy) is 2. The Kier molecular flexibility index (Phi) is 16.1. The van der Waals surface area contributed by atoms with Gasteiger partial charge in [-0.2, -0.15) is 20.2 Å². The fraction of sp³-hybridized carbons (Fsp3) is 0.368. The SMILES string of the molecule is CNc1cc(COc2c(-c3c(C)c(F)cc4c3cnn4PI)c(C3CC3)cc3c(N(C)C)nc(OCC(C)O)nc23)ccc1-c1cn(C(C(=O)N2CCCC2C(=O)NCc2ccc(-c3scnc3C)cc2)C(C)C)nc1C=O. The maximum atomic E-state index is 16.3. The molecule has 0 spiro atoms. The molecule has 0 bridgehead atoms. The van der Waals surface area contributed by atoms with Crippen molar-refractivity contribution in [3.63, 3.8) is 0 Å². The number of anilines is 2. The number of carbonyl (C=O) groups excluding carboxylic acids is 3. The van der Waals surface area contributed by atoms with Crippen molar-refractivity contribution in [2.24, 2.45) is 5.92 Å². The Morgan fingerprint density at radius 3 is 2.44 bits per heavy atom. The molecule has 4 atom stereocenters. The molecule has 1 saturated heterocycles. The third-order valence-corrected chi connectivity index (χ3v) is 17.4. The zero-order chi connectivity index (χ0) is 55.1. The van der Waals surface area contributed by atoms with Crippen LogP contribution in [0, 0.1) is 25.6 Å². The summed E-state index contributed by atoms with van der Waals surface area (Å²) in [6, 6.07) is 16.1. The number of rotatable bonds is 20. The summed E-state index contributed by atoms with van der Waals surface area (Å²) in [6.07, 6.45) is 6.78. The average Bonchev–Trinajstić information content (AvgIpc) is 3.89. The number of aldehydes is 1. The maximum Gasteiger partial charge on any atom is 0.319 e. The Hall–Kier alpha value is -6.61. The van der Waals surface area contributed by atoms with E-state index in [1.807, 2.05) is 87.7 Å². The van der Waals surface area contributed by atoms with Crippen LogP contribution in [0.15, 0.2) is 72.5 Å². The van der Waals surface area contributed by atoms with Crippen molar-refractivity contribution < 1.29 is 33.4 Å². The van der Waals surface area contributed by atoms with Gasteiger partial charge < -0.3 is 35.0 Å². The topological polar surface area (TPSA) is 195 Å². The second-order valence-corrected chi connectivity index (χ2v) is 23.6. The van der Waals surface area contributed by atoms with Gasteiger partial charge in [0.05, 0.1) is 40.3 Å². The summed E-state index contributed by atoms with van der Waals surface area (Å²) >= 11 is 3.84. The molecule has 1 saturated carbocycles. The normalized spacial score (nSPS) is 15.4. The van der Waals surface area contributed by atoms with Crippen LogP contribution in [0.3, 0.4) is 0 Å². The van der Waals surface area contributed by atoms with Gasteiger partial charge in [0, 0.05) is 85.2 Å². The molecule has 17 nitrogen and oxygen atoms in total. The minimum absolute atomic E-state index is 0.0381. The van der Waals surface area contributed by atoms with E-state index in [0.29, 0.717) is 82.8 Å². The molecule has 4 unspecified atom stereocenters. The van der Waals surface area contributed by atoms with Crippen molar-refractivity contribution >= 4 is 91.2 Å². The molecule has 406 valence electrons. The Balaban J connectivity index is 0.962. The first kappa shape index (κ1) is 54.7. The van der Waals surface area contributed by atoms with E-state index in [-0.39, 0.29) is 60.8 Å². The van der Waals surface area contributed by atoms with Gasteiger partial charge in [-0.25, -0.2) is 13.8 Å². The van der Waals surface area contributed by atoms with E-state index in [9.17, 15) is 19.5 Å². The van der Waals surface area contributed by atoms with E-state index in [1.54, 1.807) is 64.7 Å². The largest absolute Gasteiger partial charge is 0.486 e. The minimum Gasteiger partial charge on any atom is -0.486 e. The van der Waals surface area contributed by atoms with Crippen LogP contribution in [0.5, 0.6) is 11.8 Å². The number of aliphatic hydroxyl groups is 1. The van der Waals surface area contributed by atoms with E-state index in [4.69, 9.17) is 24.5 Å². The third-order valence-electron chi connectivity index (χ3n) is 14.6. The van der Waals surface area contributed by atoms with Crippen LogP contribution in [0.2, 0.25) is 0 Å². The molecule has 78 heavy (non-hydrogen) atoms. The van der Waals surface area contributed by atoms with E-state index >= 15 is 4.39 Å². The van der Waals surface area contributed by atoms with E-state index < -0.39 is 18.2 Å². The highest BCUT2D eigenvalue weighted by Crippen LogP contribution is 2.53. The number of likely N-dealkylation sites (tertiary alicyclic amines) is 1. The standard InChI is InChI=1S/C57H62FIN11O6PS/c1-30(2)51(56(74)68-19-9-10-46(68)55(73)61-23-34-11-14-37(15-12-34)53-33(5)62-29-78-53)69-25-42(45(26-71)66-69)38-18-13-35(20-44(38)60-6)28-75-52-49(48-32(4)43(58)22-47-41(48)24-63-70(47)77-59)39(36-16-17-36)21-40-50(52)64-57(76-27-31(3)72)65-54(40)67(7)8/h11-15,18,20-22,24-26,29-31,36,46,51,60,72,77H,9-10,16-17,19,23,27-28H2,1-8H3,(H,61,73). The van der Waals surface area contributed by atoms with Crippen LogP contribution >= 0.6 is 39.8 Å². The first-order chi connectivity index (χ1) is 37.6. The number of amides is 2. The van der Waals surface area contributed by atoms with Crippen LogP contribution < -0.4 is 25.0 Å². The number of carbonyl (C=O) groups is 3. The van der Waals surface area contributed by atoms with Crippen molar-refractivity contribution in [1.29, 1.82) is 0 Å². The van der Waals surface area contributed by atoms with Gasteiger partial charge in [-0.05, 0) is 120 Å².